The van der Waals surface area contributed by atoms with Crippen molar-refractivity contribution in [2.75, 3.05) is 0 Å². The molecule has 0 saturated carbocycles. The fraction of sp³-hybridized carbons (Fsp3) is 0.455. The van der Waals surface area contributed by atoms with E-state index < -0.39 is 0 Å². The summed E-state index contributed by atoms with van der Waals surface area (Å²) in [5, 5.41) is 0.560. The first-order valence-electron chi connectivity index (χ1n) is 4.78. The van der Waals surface area contributed by atoms with Crippen LogP contribution < -0.4 is 0 Å². The minimum atomic E-state index is 0.0935. The molecule has 14 heavy (non-hydrogen) atoms. The Hall–Kier alpha value is -0.890. The molecule has 0 aliphatic carbocycles. The number of hydrogen-bond acceptors (Lipinski definition) is 2. The lowest BCUT2D eigenvalue weighted by molar-refractivity contribution is 0.0959. The van der Waals surface area contributed by atoms with Crippen molar-refractivity contribution in [1.82, 2.24) is 4.98 Å². The quantitative estimate of drug-likeness (QED) is 0.715. The summed E-state index contributed by atoms with van der Waals surface area (Å²) in [6.07, 6.45) is 3.08. The Labute approximate surface area is 89.3 Å². The number of hydrogen-bond donors (Lipinski definition) is 0. The van der Waals surface area contributed by atoms with E-state index in [1.54, 1.807) is 12.1 Å². The van der Waals surface area contributed by atoms with Crippen molar-refractivity contribution in [3.05, 3.63) is 29.0 Å². The average Bonchev–Trinajstić information content (AvgIpc) is 2.18. The maximum absolute atomic E-state index is 11.6. The van der Waals surface area contributed by atoms with Crippen molar-refractivity contribution >= 4 is 17.4 Å². The van der Waals surface area contributed by atoms with E-state index in [9.17, 15) is 4.79 Å². The first-order valence-corrected chi connectivity index (χ1v) is 5.16. The van der Waals surface area contributed by atoms with Gasteiger partial charge in [-0.05, 0) is 18.1 Å². The van der Waals surface area contributed by atoms with E-state index in [4.69, 9.17) is 11.6 Å². The molecule has 0 aromatic carbocycles. The van der Waals surface area contributed by atoms with E-state index in [2.05, 4.69) is 18.8 Å². The summed E-state index contributed by atoms with van der Waals surface area (Å²) in [6.45, 7) is 4.14. The third kappa shape index (κ3) is 3.11. The molecule has 0 bridgehead atoms. The minimum Gasteiger partial charge on any atom is -0.292 e. The van der Waals surface area contributed by atoms with Gasteiger partial charge in [0.15, 0.2) is 5.78 Å². The third-order valence-corrected chi connectivity index (χ3v) is 2.47. The van der Waals surface area contributed by atoms with Gasteiger partial charge in [0.25, 0.3) is 0 Å². The van der Waals surface area contributed by atoms with E-state index >= 15 is 0 Å². The molecule has 1 aromatic rings. The van der Waals surface area contributed by atoms with Crippen LogP contribution in [0.5, 0.6) is 0 Å². The van der Waals surface area contributed by atoms with Crippen LogP contribution in [0.4, 0.5) is 0 Å². The monoisotopic (exact) mass is 211 g/mol. The zero-order chi connectivity index (χ0) is 10.6. The first-order chi connectivity index (χ1) is 6.63. The molecule has 2 nitrogen and oxygen atoms in total. The average molecular weight is 212 g/mol. The molecule has 1 aromatic heterocycles. The molecule has 0 aliphatic rings. The van der Waals surface area contributed by atoms with Gasteiger partial charge in [-0.15, -0.1) is 0 Å². The Bertz CT molecular complexity index is 308. The van der Waals surface area contributed by atoms with Crippen molar-refractivity contribution in [3.63, 3.8) is 0 Å². The Kier molecular flexibility index (Phi) is 4.08. The topological polar surface area (TPSA) is 30.0 Å². The van der Waals surface area contributed by atoms with Gasteiger partial charge < -0.3 is 0 Å². The van der Waals surface area contributed by atoms with Crippen LogP contribution >= 0.6 is 11.6 Å². The molecule has 3 heteroatoms. The lowest BCUT2D eigenvalue weighted by atomic mass is 10.0. The van der Waals surface area contributed by atoms with Gasteiger partial charge in [-0.25, -0.2) is 0 Å². The Morgan fingerprint density at radius 1 is 1.57 bits per heavy atom. The number of Topliss-reactive ketones (excluding diaryl/α,β-unsaturated/α-hetero) is 1. The number of carbonyl (C=O) groups is 1. The van der Waals surface area contributed by atoms with Crippen LogP contribution in [-0.4, -0.2) is 10.8 Å². The SMILES string of the molecule is CCC(C)CC(=O)c1ccc(Cl)cn1. The molecule has 0 saturated heterocycles. The summed E-state index contributed by atoms with van der Waals surface area (Å²) in [4.78, 5) is 15.6. The summed E-state index contributed by atoms with van der Waals surface area (Å²) in [5.41, 5.74) is 0.509. The van der Waals surface area contributed by atoms with E-state index in [-0.39, 0.29) is 5.78 Å². The lowest BCUT2D eigenvalue weighted by Gasteiger charge is -2.06. The molecule has 76 valence electrons. The molecule has 0 spiro atoms. The van der Waals surface area contributed by atoms with Crippen LogP contribution in [0.25, 0.3) is 0 Å². The number of rotatable bonds is 4. The van der Waals surface area contributed by atoms with Crippen molar-refractivity contribution in [2.45, 2.75) is 26.7 Å². The highest BCUT2D eigenvalue weighted by Crippen LogP contribution is 2.12. The third-order valence-electron chi connectivity index (χ3n) is 2.24. The zero-order valence-corrected chi connectivity index (χ0v) is 9.21. The Balaban J connectivity index is 2.65. The number of aromatic nitrogens is 1. The molecule has 0 N–H and O–H groups in total. The first kappa shape index (κ1) is 11.2. The van der Waals surface area contributed by atoms with Crippen LogP contribution in [0.3, 0.4) is 0 Å². The maximum Gasteiger partial charge on any atom is 0.181 e. The largest absolute Gasteiger partial charge is 0.292 e. The van der Waals surface area contributed by atoms with Crippen LogP contribution in [0.15, 0.2) is 18.3 Å². The number of pyridine rings is 1. The molecule has 0 radical (unpaired) electrons. The van der Waals surface area contributed by atoms with E-state index in [0.29, 0.717) is 23.1 Å². The molecular weight excluding hydrogens is 198 g/mol. The van der Waals surface area contributed by atoms with Gasteiger partial charge in [0.2, 0.25) is 0 Å². The van der Waals surface area contributed by atoms with Crippen molar-refractivity contribution < 1.29 is 4.79 Å². The zero-order valence-electron chi connectivity index (χ0n) is 8.46. The van der Waals surface area contributed by atoms with E-state index in [1.807, 2.05) is 0 Å². The van der Waals surface area contributed by atoms with Gasteiger partial charge in [0, 0.05) is 12.6 Å². The smallest absolute Gasteiger partial charge is 0.181 e. The van der Waals surface area contributed by atoms with Crippen LogP contribution in [0.1, 0.15) is 37.2 Å². The Morgan fingerprint density at radius 2 is 2.29 bits per heavy atom. The number of halogens is 1. The predicted molar refractivity (Wildman–Crippen MR) is 57.6 cm³/mol. The van der Waals surface area contributed by atoms with Gasteiger partial charge >= 0.3 is 0 Å². The van der Waals surface area contributed by atoms with Crippen molar-refractivity contribution in [2.24, 2.45) is 5.92 Å². The van der Waals surface area contributed by atoms with Gasteiger partial charge in [-0.1, -0.05) is 31.9 Å². The van der Waals surface area contributed by atoms with Crippen LogP contribution in [-0.2, 0) is 0 Å². The number of nitrogens with zero attached hydrogens (tertiary/aromatic N) is 1. The predicted octanol–water partition coefficient (Wildman–Crippen LogP) is 3.35. The second-order valence-electron chi connectivity index (χ2n) is 3.50. The van der Waals surface area contributed by atoms with Crippen molar-refractivity contribution in [1.29, 1.82) is 0 Å². The highest BCUT2D eigenvalue weighted by atomic mass is 35.5. The van der Waals surface area contributed by atoms with Gasteiger partial charge in [0.1, 0.15) is 5.69 Å². The summed E-state index contributed by atoms with van der Waals surface area (Å²) < 4.78 is 0. The summed E-state index contributed by atoms with van der Waals surface area (Å²) in [7, 11) is 0. The van der Waals surface area contributed by atoms with Crippen LogP contribution in [0.2, 0.25) is 5.02 Å². The van der Waals surface area contributed by atoms with Crippen LogP contribution in [0, 0.1) is 5.92 Å². The summed E-state index contributed by atoms with van der Waals surface area (Å²) >= 11 is 5.68. The standard InChI is InChI=1S/C11H14ClNO/c1-3-8(2)6-11(14)10-5-4-9(12)7-13-10/h4-5,7-8H,3,6H2,1-2H3. The molecule has 1 rings (SSSR count). The molecule has 0 fully saturated rings. The maximum atomic E-state index is 11.6. The van der Waals surface area contributed by atoms with Gasteiger partial charge in [-0.3, -0.25) is 9.78 Å². The highest BCUT2D eigenvalue weighted by molar-refractivity contribution is 6.30. The normalized spacial score (nSPS) is 12.5. The molecule has 1 atom stereocenters. The summed E-state index contributed by atoms with van der Waals surface area (Å²) in [6, 6.07) is 3.37. The minimum absolute atomic E-state index is 0.0935. The molecule has 1 heterocycles. The lowest BCUT2D eigenvalue weighted by Crippen LogP contribution is -2.06. The van der Waals surface area contributed by atoms with E-state index in [1.165, 1.54) is 6.20 Å². The van der Waals surface area contributed by atoms with E-state index in [0.717, 1.165) is 6.42 Å². The van der Waals surface area contributed by atoms with Gasteiger partial charge in [-0.2, -0.15) is 0 Å². The Morgan fingerprint density at radius 3 is 2.79 bits per heavy atom. The van der Waals surface area contributed by atoms with Crippen molar-refractivity contribution in [3.8, 4) is 0 Å². The number of carbonyl (C=O) groups excluding carboxylic acids is 1. The molecular formula is C11H14ClNO. The second kappa shape index (κ2) is 5.11. The fourth-order valence-corrected chi connectivity index (χ4v) is 1.22. The molecule has 1 unspecified atom stereocenters. The molecule has 0 amide bonds. The fourth-order valence-electron chi connectivity index (χ4n) is 1.11. The second-order valence-corrected chi connectivity index (χ2v) is 3.94. The van der Waals surface area contributed by atoms with Gasteiger partial charge in [0.05, 0.1) is 5.02 Å². The molecule has 0 aliphatic heterocycles. The highest BCUT2D eigenvalue weighted by Gasteiger charge is 2.10. The summed E-state index contributed by atoms with van der Waals surface area (Å²) in [5.74, 6) is 0.510. The number of ketones is 1.